The summed E-state index contributed by atoms with van der Waals surface area (Å²) in [5.74, 6) is 1.58. The number of amides is 1. The number of imidazole rings is 1. The van der Waals surface area contributed by atoms with Gasteiger partial charge in [-0.1, -0.05) is 12.1 Å². The molecule has 0 spiro atoms. The third kappa shape index (κ3) is 5.19. The van der Waals surface area contributed by atoms with Crippen LogP contribution in [-0.2, 0) is 0 Å². The number of nitrogens with two attached hydrogens (primary N) is 1. The first-order valence-corrected chi connectivity index (χ1v) is 12.6. The van der Waals surface area contributed by atoms with Crippen LogP contribution in [0.5, 0.6) is 0 Å². The number of nitrogens with one attached hydrogen (secondary N) is 2. The molecule has 0 fully saturated rings. The minimum absolute atomic E-state index is 0.220. The Labute approximate surface area is 218 Å². The second-order valence-corrected chi connectivity index (χ2v) is 9.67. The van der Waals surface area contributed by atoms with Crippen molar-refractivity contribution in [3.05, 3.63) is 83.9 Å². The monoisotopic (exact) mass is 510 g/mol. The van der Waals surface area contributed by atoms with Gasteiger partial charge in [0.25, 0.3) is 5.91 Å². The summed E-state index contributed by atoms with van der Waals surface area (Å²) in [6, 6.07) is 16.9. The molecule has 0 unspecified atom stereocenters. The van der Waals surface area contributed by atoms with Gasteiger partial charge in [-0.05, 0) is 74.2 Å². The molecule has 1 amide bonds. The normalized spacial score (nSPS) is 11.0. The molecule has 0 bridgehead atoms. The Kier molecular flexibility index (Phi) is 6.65. The van der Waals surface area contributed by atoms with Crippen molar-refractivity contribution in [3.8, 4) is 22.0 Å². The lowest BCUT2D eigenvalue weighted by Crippen LogP contribution is -2.13. The zero-order chi connectivity index (χ0) is 25.9. The van der Waals surface area contributed by atoms with Gasteiger partial charge in [-0.25, -0.2) is 15.0 Å². The van der Waals surface area contributed by atoms with E-state index in [4.69, 9.17) is 5.73 Å². The number of hydrogen-bond donors (Lipinski definition) is 3. The van der Waals surface area contributed by atoms with Crippen molar-refractivity contribution in [1.82, 2.24) is 24.5 Å². The highest BCUT2D eigenvalue weighted by Gasteiger charge is 2.15. The van der Waals surface area contributed by atoms with Crippen LogP contribution in [-0.4, -0.2) is 30.4 Å². The Bertz CT molecular complexity index is 1540. The van der Waals surface area contributed by atoms with Gasteiger partial charge in [0.2, 0.25) is 5.95 Å². The zero-order valence-electron chi connectivity index (χ0n) is 20.6. The number of benzene rings is 2. The molecule has 2 aromatic carbocycles. The van der Waals surface area contributed by atoms with Crippen molar-refractivity contribution in [3.63, 3.8) is 0 Å². The molecule has 0 aliphatic carbocycles. The van der Waals surface area contributed by atoms with Crippen molar-refractivity contribution in [2.45, 2.75) is 26.8 Å². The van der Waals surface area contributed by atoms with E-state index in [0.717, 1.165) is 27.6 Å². The van der Waals surface area contributed by atoms with Gasteiger partial charge in [-0.3, -0.25) is 4.79 Å². The molecule has 0 atom stereocenters. The summed E-state index contributed by atoms with van der Waals surface area (Å²) in [7, 11) is 0. The topological polar surface area (TPSA) is 124 Å². The summed E-state index contributed by atoms with van der Waals surface area (Å²) in [4.78, 5) is 31.5. The van der Waals surface area contributed by atoms with Crippen molar-refractivity contribution >= 4 is 40.3 Å². The Hall–Kier alpha value is -4.57. The quantitative estimate of drug-likeness (QED) is 0.232. The maximum Gasteiger partial charge on any atom is 0.255 e. The maximum atomic E-state index is 12.9. The summed E-state index contributed by atoms with van der Waals surface area (Å²) < 4.78 is 2.08. The number of anilines is 4. The van der Waals surface area contributed by atoms with Gasteiger partial charge in [0.1, 0.15) is 17.8 Å². The van der Waals surface area contributed by atoms with E-state index in [2.05, 4.69) is 49.0 Å². The molecule has 186 valence electrons. The van der Waals surface area contributed by atoms with E-state index in [1.165, 1.54) is 6.33 Å². The molecule has 0 aliphatic heterocycles. The van der Waals surface area contributed by atoms with Gasteiger partial charge in [-0.15, -0.1) is 11.3 Å². The second-order valence-electron chi connectivity index (χ2n) is 8.72. The van der Waals surface area contributed by atoms with Crippen LogP contribution in [0.15, 0.2) is 72.5 Å². The Morgan fingerprint density at radius 2 is 1.86 bits per heavy atom. The van der Waals surface area contributed by atoms with Crippen LogP contribution >= 0.6 is 11.3 Å². The highest BCUT2D eigenvalue weighted by molar-refractivity contribution is 7.13. The van der Waals surface area contributed by atoms with Crippen LogP contribution in [0.4, 0.5) is 23.0 Å². The standard InChI is InChI=1S/C27H26N8OS/c1-16(2)35-17(3)29-14-23(35)25-30-15-31-27(34-25)32-20-9-6-18(7-10-20)26(36)33-22-13-19(8-11-21(22)28)24-5-4-12-37-24/h4-16H,28H2,1-3H3,(H,33,36)(H,30,31,32,34). The first-order chi connectivity index (χ1) is 17.9. The van der Waals surface area contributed by atoms with Crippen LogP contribution in [0.1, 0.15) is 36.1 Å². The highest BCUT2D eigenvalue weighted by atomic mass is 32.1. The van der Waals surface area contributed by atoms with Crippen molar-refractivity contribution in [2.75, 3.05) is 16.4 Å². The molecule has 0 saturated carbocycles. The number of rotatable bonds is 7. The van der Waals surface area contributed by atoms with Crippen LogP contribution in [0.25, 0.3) is 22.0 Å². The van der Waals surface area contributed by atoms with Crippen LogP contribution < -0.4 is 16.4 Å². The molecule has 9 nitrogen and oxygen atoms in total. The lowest BCUT2D eigenvalue weighted by atomic mass is 10.1. The predicted octanol–water partition coefficient (Wildman–Crippen LogP) is 5.93. The fourth-order valence-corrected chi connectivity index (χ4v) is 4.76. The number of nitrogen functional groups attached to an aromatic ring is 1. The second kappa shape index (κ2) is 10.2. The van der Waals surface area contributed by atoms with Crippen LogP contribution in [0.2, 0.25) is 0 Å². The van der Waals surface area contributed by atoms with Crippen molar-refractivity contribution < 1.29 is 4.79 Å². The molecule has 3 heterocycles. The van der Waals surface area contributed by atoms with Crippen LogP contribution in [0, 0.1) is 6.92 Å². The number of thiophene rings is 1. The predicted molar refractivity (Wildman–Crippen MR) is 148 cm³/mol. The molecule has 10 heteroatoms. The molecule has 5 rings (SSSR count). The number of nitrogens with zero attached hydrogens (tertiary/aromatic N) is 5. The number of aryl methyl sites for hydroxylation is 1. The molecule has 4 N–H and O–H groups in total. The molecule has 37 heavy (non-hydrogen) atoms. The summed E-state index contributed by atoms with van der Waals surface area (Å²) in [6.45, 7) is 6.13. The van der Waals surface area contributed by atoms with Gasteiger partial charge in [-0.2, -0.15) is 4.98 Å². The van der Waals surface area contributed by atoms with E-state index < -0.39 is 0 Å². The Morgan fingerprint density at radius 3 is 2.59 bits per heavy atom. The maximum absolute atomic E-state index is 12.9. The summed E-state index contributed by atoms with van der Waals surface area (Å²) >= 11 is 1.63. The average molecular weight is 511 g/mol. The smallest absolute Gasteiger partial charge is 0.255 e. The minimum atomic E-state index is -0.249. The van der Waals surface area contributed by atoms with Gasteiger partial charge in [0.05, 0.1) is 17.6 Å². The molecule has 0 aliphatic rings. The van der Waals surface area contributed by atoms with Crippen molar-refractivity contribution in [1.29, 1.82) is 0 Å². The molecular formula is C27H26N8OS. The van der Waals surface area contributed by atoms with Gasteiger partial charge >= 0.3 is 0 Å². The third-order valence-corrected chi connectivity index (χ3v) is 6.73. The van der Waals surface area contributed by atoms with E-state index in [0.29, 0.717) is 28.7 Å². The van der Waals surface area contributed by atoms with Gasteiger partial charge in [0, 0.05) is 22.2 Å². The minimum Gasteiger partial charge on any atom is -0.397 e. The molecular weight excluding hydrogens is 484 g/mol. The van der Waals surface area contributed by atoms with Gasteiger partial charge < -0.3 is 20.9 Å². The number of hydrogen-bond acceptors (Lipinski definition) is 8. The van der Waals surface area contributed by atoms with E-state index >= 15 is 0 Å². The summed E-state index contributed by atoms with van der Waals surface area (Å²) in [5, 5.41) is 8.11. The zero-order valence-corrected chi connectivity index (χ0v) is 21.5. The molecule has 0 radical (unpaired) electrons. The number of aromatic nitrogens is 5. The molecule has 5 aromatic rings. The lowest BCUT2D eigenvalue weighted by molar-refractivity contribution is 0.102. The van der Waals surface area contributed by atoms with Crippen molar-refractivity contribution in [2.24, 2.45) is 0 Å². The third-order valence-electron chi connectivity index (χ3n) is 5.81. The largest absolute Gasteiger partial charge is 0.397 e. The van der Waals surface area contributed by atoms with E-state index in [1.807, 2.05) is 36.6 Å². The average Bonchev–Trinajstić information content (AvgIpc) is 3.56. The highest BCUT2D eigenvalue weighted by Crippen LogP contribution is 2.30. The van der Waals surface area contributed by atoms with E-state index in [9.17, 15) is 4.79 Å². The lowest BCUT2D eigenvalue weighted by Gasteiger charge is -2.13. The number of carbonyl (C=O) groups is 1. The number of carbonyl (C=O) groups excluding carboxylic acids is 1. The molecule has 0 saturated heterocycles. The van der Waals surface area contributed by atoms with Gasteiger partial charge in [0.15, 0.2) is 5.82 Å². The Morgan fingerprint density at radius 1 is 1.05 bits per heavy atom. The summed E-state index contributed by atoms with van der Waals surface area (Å²) in [5.41, 5.74) is 10.3. The van der Waals surface area contributed by atoms with E-state index in [1.54, 1.807) is 47.9 Å². The van der Waals surface area contributed by atoms with E-state index in [-0.39, 0.29) is 11.9 Å². The molecule has 3 aromatic heterocycles. The fourth-order valence-electron chi connectivity index (χ4n) is 4.04. The fraction of sp³-hybridized carbons (Fsp3) is 0.148. The summed E-state index contributed by atoms with van der Waals surface area (Å²) in [6.07, 6.45) is 3.24. The first kappa shape index (κ1) is 24.1. The Balaban J connectivity index is 1.30. The first-order valence-electron chi connectivity index (χ1n) is 11.7. The van der Waals surface area contributed by atoms with Crippen LogP contribution in [0.3, 0.4) is 0 Å². The SMILES string of the molecule is Cc1ncc(-c2ncnc(Nc3ccc(C(=O)Nc4cc(-c5cccs5)ccc4N)cc3)n2)n1C(C)C.